The monoisotopic (exact) mass is 410 g/mol. The maximum absolute atomic E-state index is 13.2. The third-order valence-electron chi connectivity index (χ3n) is 4.75. The molecule has 0 radical (unpaired) electrons. The summed E-state index contributed by atoms with van der Waals surface area (Å²) in [5.74, 6) is -0.362. The highest BCUT2D eigenvalue weighted by Crippen LogP contribution is 2.25. The summed E-state index contributed by atoms with van der Waals surface area (Å²) in [6.07, 6.45) is 2.12. The minimum Gasteiger partial charge on any atom is -0.326 e. The van der Waals surface area contributed by atoms with E-state index in [4.69, 9.17) is 0 Å². The van der Waals surface area contributed by atoms with E-state index in [0.29, 0.717) is 29.1 Å². The number of nitrogens with zero attached hydrogens (tertiary/aromatic N) is 2. The third kappa shape index (κ3) is 4.70. The number of hydrogen-bond donors (Lipinski definition) is 2. The van der Waals surface area contributed by atoms with E-state index in [0.717, 1.165) is 11.3 Å². The smallest absolute Gasteiger partial charge is 0.259 e. The predicted molar refractivity (Wildman–Crippen MR) is 122 cm³/mol. The van der Waals surface area contributed by atoms with E-state index < -0.39 is 0 Å². The molecule has 0 bridgehead atoms. The van der Waals surface area contributed by atoms with Gasteiger partial charge in [-0.3, -0.25) is 9.59 Å². The highest BCUT2D eigenvalue weighted by Gasteiger charge is 2.19. The predicted octanol–water partition coefficient (Wildman–Crippen LogP) is 5.14. The van der Waals surface area contributed by atoms with Crippen molar-refractivity contribution >= 4 is 23.2 Å². The molecule has 154 valence electrons. The number of hydrogen-bond acceptors (Lipinski definition) is 3. The van der Waals surface area contributed by atoms with Gasteiger partial charge in [-0.05, 0) is 30.3 Å². The number of carbonyl (C=O) groups excluding carboxylic acids is 2. The second-order valence-corrected chi connectivity index (χ2v) is 6.97. The minimum absolute atomic E-state index is 0.0843. The molecule has 1 heterocycles. The Labute approximate surface area is 180 Å². The fourth-order valence-corrected chi connectivity index (χ4v) is 3.18. The lowest BCUT2D eigenvalue weighted by molar-refractivity contribution is -0.115. The zero-order valence-electron chi connectivity index (χ0n) is 17.1. The summed E-state index contributed by atoms with van der Waals surface area (Å²) >= 11 is 0. The third-order valence-corrected chi connectivity index (χ3v) is 4.75. The zero-order valence-corrected chi connectivity index (χ0v) is 17.1. The van der Waals surface area contributed by atoms with Gasteiger partial charge in [-0.2, -0.15) is 5.10 Å². The van der Waals surface area contributed by atoms with Gasteiger partial charge in [0.15, 0.2) is 0 Å². The van der Waals surface area contributed by atoms with E-state index in [2.05, 4.69) is 15.7 Å². The maximum Gasteiger partial charge on any atom is 0.259 e. The topological polar surface area (TPSA) is 76.0 Å². The lowest BCUT2D eigenvalue weighted by Gasteiger charge is -2.08. The van der Waals surface area contributed by atoms with Crippen molar-refractivity contribution in [1.29, 1.82) is 0 Å². The van der Waals surface area contributed by atoms with Gasteiger partial charge in [0.1, 0.15) is 5.69 Å². The Morgan fingerprint density at radius 1 is 0.839 bits per heavy atom. The molecule has 0 aliphatic rings. The van der Waals surface area contributed by atoms with Crippen LogP contribution in [0.25, 0.3) is 16.9 Å². The summed E-state index contributed by atoms with van der Waals surface area (Å²) in [4.78, 5) is 24.9. The van der Waals surface area contributed by atoms with Gasteiger partial charge in [-0.1, -0.05) is 61.5 Å². The lowest BCUT2D eigenvalue weighted by atomic mass is 10.1. The fourth-order valence-electron chi connectivity index (χ4n) is 3.18. The Morgan fingerprint density at radius 3 is 2.16 bits per heavy atom. The minimum atomic E-state index is -0.278. The van der Waals surface area contributed by atoms with Crippen molar-refractivity contribution in [3.05, 3.63) is 96.7 Å². The molecular formula is C25H22N4O2. The van der Waals surface area contributed by atoms with Gasteiger partial charge in [-0.25, -0.2) is 4.68 Å². The van der Waals surface area contributed by atoms with Crippen molar-refractivity contribution < 1.29 is 9.59 Å². The lowest BCUT2D eigenvalue weighted by Crippen LogP contribution is -2.13. The number of rotatable bonds is 6. The van der Waals surface area contributed by atoms with Gasteiger partial charge in [-0.15, -0.1) is 0 Å². The Hall–Kier alpha value is -4.19. The normalized spacial score (nSPS) is 10.5. The van der Waals surface area contributed by atoms with Crippen LogP contribution in [0, 0.1) is 0 Å². The van der Waals surface area contributed by atoms with Crippen LogP contribution in [-0.2, 0) is 4.79 Å². The number of anilines is 2. The first kappa shape index (κ1) is 20.1. The molecule has 0 saturated carbocycles. The first-order chi connectivity index (χ1) is 15.1. The Balaban J connectivity index is 1.67. The van der Waals surface area contributed by atoms with E-state index in [-0.39, 0.29) is 11.8 Å². The molecule has 0 aliphatic heterocycles. The molecule has 2 amide bonds. The number of para-hydroxylation sites is 1. The summed E-state index contributed by atoms with van der Waals surface area (Å²) in [6, 6.07) is 26.3. The van der Waals surface area contributed by atoms with Crippen molar-refractivity contribution in [2.24, 2.45) is 0 Å². The molecule has 3 aromatic carbocycles. The van der Waals surface area contributed by atoms with Crippen molar-refractivity contribution in [1.82, 2.24) is 9.78 Å². The van der Waals surface area contributed by atoms with Gasteiger partial charge in [0.05, 0.1) is 11.3 Å². The summed E-state index contributed by atoms with van der Waals surface area (Å²) in [5.41, 5.74) is 3.99. The van der Waals surface area contributed by atoms with E-state index in [1.165, 1.54) is 0 Å². The molecule has 6 heteroatoms. The molecule has 0 fully saturated rings. The van der Waals surface area contributed by atoms with Crippen molar-refractivity contribution in [2.75, 3.05) is 10.6 Å². The van der Waals surface area contributed by atoms with Crippen LogP contribution in [0.4, 0.5) is 11.4 Å². The molecule has 4 rings (SSSR count). The standard InChI is InChI=1S/C25H22N4O2/c1-2-23(30)26-19-12-9-13-20(16-19)27-25(31)22-17-29(21-14-7-4-8-15-21)28-24(22)18-10-5-3-6-11-18/h3-17H,2H2,1H3,(H,26,30)(H,27,31). The molecule has 0 aliphatic carbocycles. The number of benzene rings is 3. The van der Waals surface area contributed by atoms with Crippen LogP contribution in [0.5, 0.6) is 0 Å². The second kappa shape index (κ2) is 9.09. The Bertz CT molecular complexity index is 1200. The van der Waals surface area contributed by atoms with Gasteiger partial charge < -0.3 is 10.6 Å². The van der Waals surface area contributed by atoms with Crippen molar-refractivity contribution in [3.8, 4) is 16.9 Å². The first-order valence-electron chi connectivity index (χ1n) is 10.1. The molecule has 2 N–H and O–H groups in total. The Kier molecular flexibility index (Phi) is 5.89. The zero-order chi connectivity index (χ0) is 21.6. The molecule has 6 nitrogen and oxygen atoms in total. The second-order valence-electron chi connectivity index (χ2n) is 6.97. The van der Waals surface area contributed by atoms with Crippen molar-refractivity contribution in [2.45, 2.75) is 13.3 Å². The van der Waals surface area contributed by atoms with Crippen molar-refractivity contribution in [3.63, 3.8) is 0 Å². The molecule has 31 heavy (non-hydrogen) atoms. The van der Waals surface area contributed by atoms with E-state index >= 15 is 0 Å². The highest BCUT2D eigenvalue weighted by molar-refractivity contribution is 6.08. The molecule has 1 aromatic heterocycles. The maximum atomic E-state index is 13.2. The van der Waals surface area contributed by atoms with E-state index in [1.54, 1.807) is 42.1 Å². The van der Waals surface area contributed by atoms with E-state index in [9.17, 15) is 9.59 Å². The van der Waals surface area contributed by atoms with Gasteiger partial charge in [0, 0.05) is 29.6 Å². The average molecular weight is 410 g/mol. The summed E-state index contributed by atoms with van der Waals surface area (Å²) < 4.78 is 1.70. The number of aromatic nitrogens is 2. The quantitative estimate of drug-likeness (QED) is 0.462. The molecule has 0 unspecified atom stereocenters. The van der Waals surface area contributed by atoms with Crippen LogP contribution in [0.3, 0.4) is 0 Å². The molecular weight excluding hydrogens is 388 g/mol. The van der Waals surface area contributed by atoms with E-state index in [1.807, 2.05) is 60.7 Å². The number of nitrogens with one attached hydrogen (secondary N) is 2. The fraction of sp³-hybridized carbons (Fsp3) is 0.0800. The van der Waals surface area contributed by atoms with Crippen LogP contribution in [0.2, 0.25) is 0 Å². The number of carbonyl (C=O) groups is 2. The summed E-state index contributed by atoms with van der Waals surface area (Å²) in [6.45, 7) is 1.79. The summed E-state index contributed by atoms with van der Waals surface area (Å²) in [7, 11) is 0. The van der Waals surface area contributed by atoms with Crippen LogP contribution >= 0.6 is 0 Å². The van der Waals surface area contributed by atoms with Gasteiger partial charge in [0.2, 0.25) is 5.91 Å². The largest absolute Gasteiger partial charge is 0.326 e. The first-order valence-corrected chi connectivity index (χ1v) is 10.1. The SMILES string of the molecule is CCC(=O)Nc1cccc(NC(=O)c2cn(-c3ccccc3)nc2-c2ccccc2)c1. The van der Waals surface area contributed by atoms with Gasteiger partial charge >= 0.3 is 0 Å². The van der Waals surface area contributed by atoms with Crippen LogP contribution in [0.1, 0.15) is 23.7 Å². The van der Waals surface area contributed by atoms with Crippen LogP contribution in [-0.4, -0.2) is 21.6 Å². The molecule has 4 aromatic rings. The molecule has 0 saturated heterocycles. The average Bonchev–Trinajstić information content (AvgIpc) is 3.26. The Morgan fingerprint density at radius 2 is 1.48 bits per heavy atom. The summed E-state index contributed by atoms with van der Waals surface area (Å²) in [5, 5.41) is 10.4. The molecule has 0 atom stereocenters. The van der Waals surface area contributed by atoms with Gasteiger partial charge in [0.25, 0.3) is 5.91 Å². The number of amides is 2. The highest BCUT2D eigenvalue weighted by atomic mass is 16.2. The molecule has 0 spiro atoms. The van der Waals surface area contributed by atoms with Crippen LogP contribution < -0.4 is 10.6 Å². The van der Waals surface area contributed by atoms with Crippen LogP contribution in [0.15, 0.2) is 91.1 Å².